The van der Waals surface area contributed by atoms with E-state index < -0.39 is 0 Å². The van der Waals surface area contributed by atoms with E-state index in [9.17, 15) is 4.79 Å². The Morgan fingerprint density at radius 1 is 1.21 bits per heavy atom. The van der Waals surface area contributed by atoms with Crippen molar-refractivity contribution in [3.8, 4) is 0 Å². The van der Waals surface area contributed by atoms with Gasteiger partial charge < -0.3 is 16.0 Å². The van der Waals surface area contributed by atoms with E-state index in [0.717, 1.165) is 19.5 Å². The van der Waals surface area contributed by atoms with Crippen LogP contribution >= 0.6 is 24.0 Å². The van der Waals surface area contributed by atoms with Crippen LogP contribution in [0.25, 0.3) is 0 Å². The minimum atomic E-state index is -0.233. The van der Waals surface area contributed by atoms with Gasteiger partial charge in [0.15, 0.2) is 5.96 Å². The van der Waals surface area contributed by atoms with Gasteiger partial charge in [-0.15, -0.1) is 24.0 Å². The van der Waals surface area contributed by atoms with Gasteiger partial charge in [-0.1, -0.05) is 29.8 Å². The van der Waals surface area contributed by atoms with Crippen molar-refractivity contribution < 1.29 is 4.79 Å². The monoisotopic (exact) mass is 446 g/mol. The molecule has 0 unspecified atom stereocenters. The Kier molecular flexibility index (Phi) is 10.7. The predicted octanol–water partition coefficient (Wildman–Crippen LogP) is 2.63. The van der Waals surface area contributed by atoms with Gasteiger partial charge in [-0.2, -0.15) is 0 Å². The van der Waals surface area contributed by atoms with Crippen molar-refractivity contribution in [1.82, 2.24) is 16.0 Å². The maximum absolute atomic E-state index is 11.8. The van der Waals surface area contributed by atoms with Crippen molar-refractivity contribution in [3.63, 3.8) is 0 Å². The van der Waals surface area contributed by atoms with E-state index in [4.69, 9.17) is 0 Å². The molecule has 1 rings (SSSR count). The van der Waals surface area contributed by atoms with Gasteiger partial charge in [0.1, 0.15) is 6.54 Å². The molecule has 1 amide bonds. The molecule has 0 spiro atoms. The Bertz CT molecular complexity index is 538. The van der Waals surface area contributed by atoms with E-state index in [1.54, 1.807) is 0 Å². The third-order valence-corrected chi connectivity index (χ3v) is 3.03. The lowest BCUT2D eigenvalue weighted by atomic mass is 10.1. The fraction of sp³-hybridized carbons (Fsp3) is 0.556. The van der Waals surface area contributed by atoms with Crippen LogP contribution in [0.1, 0.15) is 38.8 Å². The number of carbonyl (C=O) groups excluding carboxylic acids is 1. The Balaban J connectivity index is 0.00000529. The average Bonchev–Trinajstić information content (AvgIpc) is 2.43. The Morgan fingerprint density at radius 2 is 1.92 bits per heavy atom. The predicted molar refractivity (Wildman–Crippen MR) is 112 cm³/mol. The van der Waals surface area contributed by atoms with E-state index in [-0.39, 0.29) is 42.0 Å². The second kappa shape index (κ2) is 11.3. The summed E-state index contributed by atoms with van der Waals surface area (Å²) in [7, 11) is 0. The van der Waals surface area contributed by atoms with E-state index >= 15 is 0 Å². The number of aryl methyl sites for hydroxylation is 1. The molecule has 0 aliphatic carbocycles. The van der Waals surface area contributed by atoms with E-state index in [1.807, 2.05) is 27.7 Å². The molecule has 24 heavy (non-hydrogen) atoms. The van der Waals surface area contributed by atoms with E-state index in [1.165, 1.54) is 11.1 Å². The normalized spacial score (nSPS) is 11.5. The van der Waals surface area contributed by atoms with Crippen LogP contribution in [0.5, 0.6) is 0 Å². The molecule has 0 radical (unpaired) electrons. The Morgan fingerprint density at radius 3 is 2.50 bits per heavy atom. The summed E-state index contributed by atoms with van der Waals surface area (Å²) in [5.74, 6) is 0.595. The zero-order valence-electron chi connectivity index (χ0n) is 15.4. The molecule has 136 valence electrons. The number of hydrogen-bond acceptors (Lipinski definition) is 2. The molecule has 0 fully saturated rings. The highest BCUT2D eigenvalue weighted by molar-refractivity contribution is 14.0. The molecule has 1 aromatic carbocycles. The van der Waals surface area contributed by atoms with E-state index in [0.29, 0.717) is 5.96 Å². The van der Waals surface area contributed by atoms with Crippen molar-refractivity contribution in [2.45, 2.75) is 46.6 Å². The number of nitrogens with one attached hydrogen (secondary N) is 3. The quantitative estimate of drug-likeness (QED) is 0.358. The minimum absolute atomic E-state index is 0. The second-order valence-electron chi connectivity index (χ2n) is 6.66. The molecule has 0 bridgehead atoms. The van der Waals surface area contributed by atoms with Crippen LogP contribution in [0.2, 0.25) is 0 Å². The number of amides is 1. The second-order valence-corrected chi connectivity index (χ2v) is 6.66. The first kappa shape index (κ1) is 22.7. The standard InChI is InChI=1S/C18H30N4O.HI/c1-6-19-17(21-13-16(23)22-18(3,4)5)20-11-10-15-9-7-8-14(2)12-15;/h7-9,12H,6,10-11,13H2,1-5H3,(H,22,23)(H2,19,20,21);1H. The van der Waals surface area contributed by atoms with Crippen LogP contribution in [0.4, 0.5) is 0 Å². The van der Waals surface area contributed by atoms with Crippen molar-refractivity contribution in [2.24, 2.45) is 4.99 Å². The Labute approximate surface area is 163 Å². The topological polar surface area (TPSA) is 65.5 Å². The molecule has 0 heterocycles. The number of aliphatic imine (C=N–C) groups is 1. The fourth-order valence-corrected chi connectivity index (χ4v) is 2.14. The minimum Gasteiger partial charge on any atom is -0.357 e. The van der Waals surface area contributed by atoms with Crippen molar-refractivity contribution >= 4 is 35.8 Å². The third-order valence-electron chi connectivity index (χ3n) is 3.03. The van der Waals surface area contributed by atoms with Gasteiger partial charge in [0, 0.05) is 18.6 Å². The van der Waals surface area contributed by atoms with E-state index in [2.05, 4.69) is 52.1 Å². The molecular formula is C18H31IN4O. The fourth-order valence-electron chi connectivity index (χ4n) is 2.14. The summed E-state index contributed by atoms with van der Waals surface area (Å²) in [4.78, 5) is 16.2. The summed E-state index contributed by atoms with van der Waals surface area (Å²) in [5.41, 5.74) is 2.32. The zero-order valence-corrected chi connectivity index (χ0v) is 17.7. The van der Waals surface area contributed by atoms with Crippen LogP contribution in [0, 0.1) is 6.92 Å². The van der Waals surface area contributed by atoms with Gasteiger partial charge in [-0.3, -0.25) is 4.79 Å². The molecule has 0 saturated heterocycles. The summed E-state index contributed by atoms with van der Waals surface area (Å²) in [5, 5.41) is 9.33. The number of guanidine groups is 1. The lowest BCUT2D eigenvalue weighted by Crippen LogP contribution is -2.43. The first-order valence-electron chi connectivity index (χ1n) is 8.19. The lowest BCUT2D eigenvalue weighted by molar-refractivity contribution is -0.121. The number of nitrogens with zero attached hydrogens (tertiary/aromatic N) is 1. The van der Waals surface area contributed by atoms with Crippen LogP contribution < -0.4 is 16.0 Å². The largest absolute Gasteiger partial charge is 0.357 e. The number of carbonyl (C=O) groups is 1. The average molecular weight is 446 g/mol. The highest BCUT2D eigenvalue weighted by atomic mass is 127. The van der Waals surface area contributed by atoms with Crippen LogP contribution in [-0.2, 0) is 11.2 Å². The first-order valence-corrected chi connectivity index (χ1v) is 8.19. The molecule has 0 aromatic heterocycles. The maximum Gasteiger partial charge on any atom is 0.242 e. The maximum atomic E-state index is 11.8. The molecular weight excluding hydrogens is 415 g/mol. The van der Waals surface area contributed by atoms with Crippen LogP contribution in [0.3, 0.4) is 0 Å². The summed E-state index contributed by atoms with van der Waals surface area (Å²) in [6.45, 7) is 11.6. The van der Waals surface area contributed by atoms with Gasteiger partial charge >= 0.3 is 0 Å². The summed E-state index contributed by atoms with van der Waals surface area (Å²) in [6.07, 6.45) is 0.917. The van der Waals surface area contributed by atoms with Gasteiger partial charge in [-0.05, 0) is 46.6 Å². The highest BCUT2D eigenvalue weighted by Crippen LogP contribution is 2.03. The smallest absolute Gasteiger partial charge is 0.242 e. The zero-order chi connectivity index (χ0) is 17.3. The molecule has 0 saturated carbocycles. The molecule has 0 atom stereocenters. The van der Waals surface area contributed by atoms with Crippen molar-refractivity contribution in [1.29, 1.82) is 0 Å². The first-order chi connectivity index (χ1) is 10.8. The molecule has 6 heteroatoms. The molecule has 0 aliphatic heterocycles. The number of halogens is 1. The lowest BCUT2D eigenvalue weighted by Gasteiger charge is -2.20. The molecule has 1 aromatic rings. The number of benzene rings is 1. The summed E-state index contributed by atoms with van der Waals surface area (Å²) in [6, 6.07) is 8.47. The summed E-state index contributed by atoms with van der Waals surface area (Å²) >= 11 is 0. The third kappa shape index (κ3) is 10.5. The van der Waals surface area contributed by atoms with Gasteiger partial charge in [0.05, 0.1) is 0 Å². The molecule has 3 N–H and O–H groups in total. The SMILES string of the molecule is CCNC(=NCC(=O)NC(C)(C)C)NCCc1cccc(C)c1.I. The van der Waals surface area contributed by atoms with Crippen LogP contribution in [-0.4, -0.2) is 37.0 Å². The van der Waals surface area contributed by atoms with Gasteiger partial charge in [-0.25, -0.2) is 4.99 Å². The Hall–Kier alpha value is -1.31. The molecule has 0 aliphatic rings. The van der Waals surface area contributed by atoms with Crippen molar-refractivity contribution in [2.75, 3.05) is 19.6 Å². The number of rotatable bonds is 6. The molecule has 5 nitrogen and oxygen atoms in total. The van der Waals surface area contributed by atoms with Crippen molar-refractivity contribution in [3.05, 3.63) is 35.4 Å². The highest BCUT2D eigenvalue weighted by Gasteiger charge is 2.13. The number of hydrogen-bond donors (Lipinski definition) is 3. The summed E-state index contributed by atoms with van der Waals surface area (Å²) < 4.78 is 0. The van der Waals surface area contributed by atoms with Gasteiger partial charge in [0.2, 0.25) is 5.91 Å². The van der Waals surface area contributed by atoms with Crippen LogP contribution in [0.15, 0.2) is 29.3 Å². The van der Waals surface area contributed by atoms with Gasteiger partial charge in [0.25, 0.3) is 0 Å².